The number of thioether (sulfide) groups is 1. The fraction of sp³-hybridized carbons (Fsp3) is 0.438. The highest BCUT2D eigenvalue weighted by Crippen LogP contribution is 2.24. The van der Waals surface area contributed by atoms with E-state index in [1.165, 1.54) is 23.8 Å². The molecule has 6 nitrogen and oxygen atoms in total. The van der Waals surface area contributed by atoms with Gasteiger partial charge in [0, 0.05) is 11.4 Å². The van der Waals surface area contributed by atoms with Crippen LogP contribution in [-0.4, -0.2) is 47.8 Å². The molecule has 3 amide bonds. The van der Waals surface area contributed by atoms with Crippen LogP contribution in [0.3, 0.4) is 0 Å². The molecule has 0 aromatic heterocycles. The van der Waals surface area contributed by atoms with Gasteiger partial charge < -0.3 is 10.1 Å². The van der Waals surface area contributed by atoms with E-state index in [4.69, 9.17) is 4.74 Å². The van der Waals surface area contributed by atoms with E-state index in [1.54, 1.807) is 26.0 Å². The Kier molecular flexibility index (Phi) is 5.30. The zero-order valence-electron chi connectivity index (χ0n) is 13.4. The van der Waals surface area contributed by atoms with Gasteiger partial charge in [-0.1, -0.05) is 12.1 Å². The summed E-state index contributed by atoms with van der Waals surface area (Å²) in [5, 5.41) is 2.65. The number of nitrogens with one attached hydrogen (secondary N) is 1. The molecule has 1 aliphatic rings. The Balaban J connectivity index is 1.88. The second kappa shape index (κ2) is 7.04. The van der Waals surface area contributed by atoms with Crippen molar-refractivity contribution in [1.82, 2.24) is 10.2 Å². The number of imide groups is 1. The van der Waals surface area contributed by atoms with Crippen molar-refractivity contribution < 1.29 is 19.1 Å². The van der Waals surface area contributed by atoms with Crippen molar-refractivity contribution in [2.75, 3.05) is 19.4 Å². The summed E-state index contributed by atoms with van der Waals surface area (Å²) in [6.07, 6.45) is 0.648. The second-order valence-corrected chi connectivity index (χ2v) is 6.84. The molecule has 1 heterocycles. The van der Waals surface area contributed by atoms with E-state index < -0.39 is 5.54 Å². The number of rotatable bonds is 6. The minimum atomic E-state index is -0.832. The highest BCUT2D eigenvalue weighted by Gasteiger charge is 2.43. The molecular weight excluding hydrogens is 316 g/mol. The van der Waals surface area contributed by atoms with Gasteiger partial charge >= 0.3 is 12.0 Å². The van der Waals surface area contributed by atoms with Gasteiger partial charge in [-0.05, 0) is 38.2 Å². The van der Waals surface area contributed by atoms with E-state index in [-0.39, 0.29) is 17.9 Å². The van der Waals surface area contributed by atoms with Crippen LogP contribution in [0.5, 0.6) is 0 Å². The predicted octanol–water partition coefficient (Wildman–Crippen LogP) is 2.29. The summed E-state index contributed by atoms with van der Waals surface area (Å²) in [7, 11) is 1.35. The first-order valence-corrected chi connectivity index (χ1v) is 8.29. The molecule has 0 unspecified atom stereocenters. The third kappa shape index (κ3) is 3.85. The van der Waals surface area contributed by atoms with Crippen molar-refractivity contribution in [3.8, 4) is 0 Å². The van der Waals surface area contributed by atoms with Gasteiger partial charge in [-0.2, -0.15) is 0 Å². The fourth-order valence-electron chi connectivity index (χ4n) is 2.30. The Morgan fingerprint density at radius 3 is 2.61 bits per heavy atom. The first kappa shape index (κ1) is 17.3. The molecule has 1 fully saturated rings. The number of benzene rings is 1. The zero-order chi connectivity index (χ0) is 17.0. The first-order valence-electron chi connectivity index (χ1n) is 7.31. The summed E-state index contributed by atoms with van der Waals surface area (Å²) in [4.78, 5) is 37.6. The molecule has 0 bridgehead atoms. The van der Waals surface area contributed by atoms with Gasteiger partial charge in [0.1, 0.15) is 5.54 Å². The van der Waals surface area contributed by atoms with Gasteiger partial charge in [-0.25, -0.2) is 9.59 Å². The number of nitrogens with zero attached hydrogens (tertiary/aromatic N) is 1. The Hall–Kier alpha value is -2.02. The van der Waals surface area contributed by atoms with Crippen molar-refractivity contribution in [1.29, 1.82) is 0 Å². The SMILES string of the molecule is COC(=O)c1ccccc1SCCCN1C(=O)NC(C)(C)C1=O. The fourth-order valence-corrected chi connectivity index (χ4v) is 3.27. The standard InChI is InChI=1S/C16H20N2O4S/c1-16(2)14(20)18(15(21)17-16)9-6-10-23-12-8-5-4-7-11(12)13(19)22-3/h4-5,7-8H,6,9-10H2,1-3H3,(H,17,21). The van der Waals surface area contributed by atoms with Crippen LogP contribution in [-0.2, 0) is 9.53 Å². The average molecular weight is 336 g/mol. The van der Waals surface area contributed by atoms with Crippen LogP contribution >= 0.6 is 11.8 Å². The molecule has 0 radical (unpaired) electrons. The molecule has 0 saturated carbocycles. The summed E-state index contributed by atoms with van der Waals surface area (Å²) in [6.45, 7) is 3.74. The molecule has 7 heteroatoms. The molecule has 1 N–H and O–H groups in total. The maximum absolute atomic E-state index is 12.1. The Labute approximate surface area is 139 Å². The molecule has 1 saturated heterocycles. The number of hydrogen-bond donors (Lipinski definition) is 1. The lowest BCUT2D eigenvalue weighted by Gasteiger charge is -2.15. The third-order valence-electron chi connectivity index (χ3n) is 3.52. The van der Waals surface area contributed by atoms with Gasteiger partial charge in [-0.3, -0.25) is 9.69 Å². The Morgan fingerprint density at radius 2 is 2.00 bits per heavy atom. The van der Waals surface area contributed by atoms with E-state index in [9.17, 15) is 14.4 Å². The van der Waals surface area contributed by atoms with E-state index in [2.05, 4.69) is 5.32 Å². The maximum Gasteiger partial charge on any atom is 0.338 e. The zero-order valence-corrected chi connectivity index (χ0v) is 14.2. The lowest BCUT2D eigenvalue weighted by Crippen LogP contribution is -2.40. The number of esters is 1. The van der Waals surface area contributed by atoms with E-state index in [1.807, 2.05) is 12.1 Å². The van der Waals surface area contributed by atoms with Crippen LogP contribution in [0.15, 0.2) is 29.2 Å². The van der Waals surface area contributed by atoms with Gasteiger partial charge in [0.05, 0.1) is 12.7 Å². The number of urea groups is 1. The molecule has 0 atom stereocenters. The van der Waals surface area contributed by atoms with Crippen LogP contribution in [0, 0.1) is 0 Å². The van der Waals surface area contributed by atoms with Crippen LogP contribution in [0.4, 0.5) is 4.79 Å². The first-order chi connectivity index (χ1) is 10.9. The van der Waals surface area contributed by atoms with Crippen LogP contribution in [0.2, 0.25) is 0 Å². The molecule has 1 aromatic carbocycles. The van der Waals surface area contributed by atoms with Crippen LogP contribution < -0.4 is 5.32 Å². The average Bonchev–Trinajstić information content (AvgIpc) is 2.72. The Morgan fingerprint density at radius 1 is 1.30 bits per heavy atom. The van der Waals surface area contributed by atoms with Gasteiger partial charge in [-0.15, -0.1) is 11.8 Å². The molecule has 124 valence electrons. The highest BCUT2D eigenvalue weighted by molar-refractivity contribution is 7.99. The van der Waals surface area contributed by atoms with Gasteiger partial charge in [0.25, 0.3) is 5.91 Å². The number of methoxy groups -OCH3 is 1. The highest BCUT2D eigenvalue weighted by atomic mass is 32.2. The molecule has 0 spiro atoms. The summed E-state index contributed by atoms with van der Waals surface area (Å²) in [5.74, 6) is 0.109. The normalized spacial score (nSPS) is 16.4. The largest absolute Gasteiger partial charge is 0.465 e. The van der Waals surface area contributed by atoms with Crippen LogP contribution in [0.1, 0.15) is 30.6 Å². The Bertz CT molecular complexity index is 630. The molecule has 0 aliphatic carbocycles. The second-order valence-electron chi connectivity index (χ2n) is 5.70. The number of ether oxygens (including phenoxy) is 1. The van der Waals surface area contributed by atoms with E-state index in [0.29, 0.717) is 24.3 Å². The van der Waals surface area contributed by atoms with Crippen molar-refractivity contribution in [2.24, 2.45) is 0 Å². The van der Waals surface area contributed by atoms with Crippen molar-refractivity contribution in [3.63, 3.8) is 0 Å². The molecule has 1 aromatic rings. The molecular formula is C16H20N2O4S. The lowest BCUT2D eigenvalue weighted by molar-refractivity contribution is -0.130. The topological polar surface area (TPSA) is 75.7 Å². The van der Waals surface area contributed by atoms with Crippen LogP contribution in [0.25, 0.3) is 0 Å². The van der Waals surface area contributed by atoms with Crippen molar-refractivity contribution in [2.45, 2.75) is 30.7 Å². The minimum Gasteiger partial charge on any atom is -0.465 e. The summed E-state index contributed by atoms with van der Waals surface area (Å²) in [6, 6.07) is 6.86. The predicted molar refractivity (Wildman–Crippen MR) is 87.4 cm³/mol. The quantitative estimate of drug-likeness (QED) is 0.373. The molecule has 1 aliphatic heterocycles. The number of carbonyl (C=O) groups excluding carboxylic acids is 3. The smallest absolute Gasteiger partial charge is 0.338 e. The summed E-state index contributed by atoms with van der Waals surface area (Å²) < 4.78 is 4.76. The third-order valence-corrected chi connectivity index (χ3v) is 4.68. The lowest BCUT2D eigenvalue weighted by atomic mass is 10.1. The molecule has 23 heavy (non-hydrogen) atoms. The van der Waals surface area contributed by atoms with Gasteiger partial charge in [0.15, 0.2) is 0 Å². The van der Waals surface area contributed by atoms with E-state index in [0.717, 1.165) is 4.90 Å². The number of amides is 3. The van der Waals surface area contributed by atoms with E-state index >= 15 is 0 Å². The van der Waals surface area contributed by atoms with Crippen molar-refractivity contribution in [3.05, 3.63) is 29.8 Å². The summed E-state index contributed by atoms with van der Waals surface area (Å²) in [5.41, 5.74) is -0.307. The molecule has 2 rings (SSSR count). The number of hydrogen-bond acceptors (Lipinski definition) is 5. The monoisotopic (exact) mass is 336 g/mol. The maximum atomic E-state index is 12.1. The summed E-state index contributed by atoms with van der Waals surface area (Å²) >= 11 is 1.51. The minimum absolute atomic E-state index is 0.206. The van der Waals surface area contributed by atoms with Gasteiger partial charge in [0.2, 0.25) is 0 Å². The number of carbonyl (C=O) groups is 3. The van der Waals surface area contributed by atoms with Crippen molar-refractivity contribution >= 4 is 29.7 Å².